The van der Waals surface area contributed by atoms with Gasteiger partial charge >= 0.3 is 5.51 Å². The van der Waals surface area contributed by atoms with E-state index in [1.54, 1.807) is 18.2 Å². The lowest BCUT2D eigenvalue weighted by Gasteiger charge is -2.14. The molecule has 3 rings (SSSR count). The molecular formula is C22H20F3NO7S. The molecule has 0 saturated carbocycles. The molecule has 1 amide bonds. The summed E-state index contributed by atoms with van der Waals surface area (Å²) in [6.07, 6.45) is 0.197. The number of benzene rings is 2. The van der Waals surface area contributed by atoms with E-state index in [2.05, 4.69) is 5.32 Å². The van der Waals surface area contributed by atoms with Crippen molar-refractivity contribution in [2.24, 2.45) is 0 Å². The van der Waals surface area contributed by atoms with E-state index in [1.807, 2.05) is 0 Å². The summed E-state index contributed by atoms with van der Waals surface area (Å²) >= 11 is 0. The maximum atomic E-state index is 12.8. The molecule has 34 heavy (non-hydrogen) atoms. The van der Waals surface area contributed by atoms with Gasteiger partial charge in [0.25, 0.3) is 15.7 Å². The fourth-order valence-corrected chi connectivity index (χ4v) is 3.90. The van der Waals surface area contributed by atoms with E-state index in [9.17, 15) is 26.4 Å². The van der Waals surface area contributed by atoms with E-state index < -0.39 is 26.1 Å². The van der Waals surface area contributed by atoms with Crippen molar-refractivity contribution in [3.63, 3.8) is 0 Å². The Balaban J connectivity index is 1.81. The van der Waals surface area contributed by atoms with Crippen molar-refractivity contribution in [3.8, 4) is 17.2 Å². The number of anilines is 1. The first-order valence-electron chi connectivity index (χ1n) is 9.60. The van der Waals surface area contributed by atoms with Crippen LogP contribution < -0.4 is 19.5 Å². The second-order valence-corrected chi connectivity index (χ2v) is 8.83. The molecule has 182 valence electrons. The minimum Gasteiger partial charge on any atom is -0.496 e. The zero-order valence-electron chi connectivity index (χ0n) is 18.2. The molecule has 0 spiro atoms. The van der Waals surface area contributed by atoms with Crippen LogP contribution in [0.15, 0.2) is 57.8 Å². The molecule has 0 unspecified atom stereocenters. The Labute approximate surface area is 193 Å². The van der Waals surface area contributed by atoms with Crippen LogP contribution in [0.1, 0.15) is 21.9 Å². The van der Waals surface area contributed by atoms with Gasteiger partial charge in [-0.15, -0.1) is 0 Å². The smallest absolute Gasteiger partial charge is 0.496 e. The molecule has 0 bridgehead atoms. The van der Waals surface area contributed by atoms with Crippen LogP contribution in [0.3, 0.4) is 0 Å². The van der Waals surface area contributed by atoms with Crippen LogP contribution in [0.25, 0.3) is 0 Å². The molecule has 0 aliphatic rings. The first kappa shape index (κ1) is 25.0. The highest BCUT2D eigenvalue weighted by Crippen LogP contribution is 2.36. The summed E-state index contributed by atoms with van der Waals surface area (Å²) in [6, 6.07) is 10.1. The number of carbonyl (C=O) groups excluding carboxylic acids is 1. The zero-order valence-corrected chi connectivity index (χ0v) is 19.0. The SMILES string of the molecule is COc1cc(OC)c(Cc2ccc(C(=O)Nc3cccc(S(=O)(=O)C(F)(F)F)c3)o2)c(OC)c1. The summed E-state index contributed by atoms with van der Waals surface area (Å²) in [7, 11) is -1.10. The number of hydrogen-bond donors (Lipinski definition) is 1. The van der Waals surface area contributed by atoms with Crippen molar-refractivity contribution in [1.82, 2.24) is 0 Å². The van der Waals surface area contributed by atoms with Crippen LogP contribution in [0.5, 0.6) is 17.2 Å². The molecule has 12 heteroatoms. The topological polar surface area (TPSA) is 104 Å². The first-order chi connectivity index (χ1) is 16.0. The molecule has 1 N–H and O–H groups in total. The fourth-order valence-electron chi connectivity index (χ4n) is 3.09. The highest BCUT2D eigenvalue weighted by Gasteiger charge is 2.46. The van der Waals surface area contributed by atoms with Crippen LogP contribution in [0, 0.1) is 0 Å². The Hall–Kier alpha value is -3.67. The van der Waals surface area contributed by atoms with Crippen LogP contribution in [0.4, 0.5) is 18.9 Å². The Kier molecular flexibility index (Phi) is 7.10. The van der Waals surface area contributed by atoms with Gasteiger partial charge in [0.15, 0.2) is 5.76 Å². The van der Waals surface area contributed by atoms with E-state index in [4.69, 9.17) is 18.6 Å². The van der Waals surface area contributed by atoms with Gasteiger partial charge in [-0.25, -0.2) is 8.42 Å². The van der Waals surface area contributed by atoms with Crippen molar-refractivity contribution in [2.45, 2.75) is 16.8 Å². The minimum atomic E-state index is -5.56. The Morgan fingerprint density at radius 1 is 0.971 bits per heavy atom. The van der Waals surface area contributed by atoms with Crippen molar-refractivity contribution in [1.29, 1.82) is 0 Å². The average Bonchev–Trinajstić information content (AvgIpc) is 3.27. The molecule has 0 aliphatic carbocycles. The Morgan fingerprint density at radius 3 is 2.18 bits per heavy atom. The monoisotopic (exact) mass is 499 g/mol. The Bertz CT molecular complexity index is 1270. The highest BCUT2D eigenvalue weighted by molar-refractivity contribution is 7.92. The van der Waals surface area contributed by atoms with Crippen LogP contribution in [0.2, 0.25) is 0 Å². The maximum absolute atomic E-state index is 12.8. The van der Waals surface area contributed by atoms with Gasteiger partial charge in [0.2, 0.25) is 0 Å². The molecule has 0 atom stereocenters. The van der Waals surface area contributed by atoms with Gasteiger partial charge in [-0.1, -0.05) is 6.07 Å². The quantitative estimate of drug-likeness (QED) is 0.489. The van der Waals surface area contributed by atoms with E-state index in [-0.39, 0.29) is 17.9 Å². The third kappa shape index (κ3) is 5.11. The molecule has 0 radical (unpaired) electrons. The molecule has 1 heterocycles. The lowest BCUT2D eigenvalue weighted by Crippen LogP contribution is -2.23. The number of sulfone groups is 1. The molecule has 0 aliphatic heterocycles. The predicted molar refractivity (Wildman–Crippen MR) is 115 cm³/mol. The van der Waals surface area contributed by atoms with E-state index >= 15 is 0 Å². The second-order valence-electron chi connectivity index (χ2n) is 6.88. The third-order valence-corrected chi connectivity index (χ3v) is 6.24. The zero-order chi connectivity index (χ0) is 25.1. The minimum absolute atomic E-state index is 0.134. The molecule has 1 aromatic heterocycles. The van der Waals surface area contributed by atoms with E-state index in [1.165, 1.54) is 33.5 Å². The number of alkyl halides is 3. The summed E-state index contributed by atoms with van der Waals surface area (Å²) in [4.78, 5) is 11.5. The average molecular weight is 499 g/mol. The number of furan rings is 1. The molecular weight excluding hydrogens is 479 g/mol. The van der Waals surface area contributed by atoms with Gasteiger partial charge in [0.05, 0.1) is 26.2 Å². The largest absolute Gasteiger partial charge is 0.501 e. The maximum Gasteiger partial charge on any atom is 0.501 e. The summed E-state index contributed by atoms with van der Waals surface area (Å²) < 4.78 is 83.1. The number of ether oxygens (including phenoxy) is 3. The number of amides is 1. The number of hydrogen-bond acceptors (Lipinski definition) is 7. The summed E-state index contributed by atoms with van der Waals surface area (Å²) in [5.41, 5.74) is -4.97. The first-order valence-corrected chi connectivity index (χ1v) is 11.1. The molecule has 3 aromatic rings. The standard InChI is InChI=1S/C22H20F3NO7S/c1-30-15-11-19(31-2)17(20(12-15)32-3)10-14-7-8-18(33-14)21(27)26-13-5-4-6-16(9-13)34(28,29)22(23,24)25/h4-9,11-12H,10H2,1-3H3,(H,26,27). The van der Waals surface area contributed by atoms with Gasteiger partial charge in [-0.3, -0.25) is 4.79 Å². The van der Waals surface area contributed by atoms with Crippen molar-refractivity contribution >= 4 is 21.4 Å². The van der Waals surface area contributed by atoms with Crippen LogP contribution in [-0.2, 0) is 16.3 Å². The number of nitrogens with one attached hydrogen (secondary N) is 1. The van der Waals surface area contributed by atoms with Gasteiger partial charge in [-0.2, -0.15) is 13.2 Å². The molecule has 0 saturated heterocycles. The van der Waals surface area contributed by atoms with Crippen LogP contribution >= 0.6 is 0 Å². The van der Waals surface area contributed by atoms with Crippen molar-refractivity contribution < 1.29 is 45.0 Å². The van der Waals surface area contributed by atoms with Crippen LogP contribution in [-0.4, -0.2) is 41.2 Å². The summed E-state index contributed by atoms with van der Waals surface area (Å²) in [6.45, 7) is 0. The predicted octanol–water partition coefficient (Wildman–Crippen LogP) is 4.44. The van der Waals surface area contributed by atoms with E-state index in [0.29, 0.717) is 28.6 Å². The van der Waals surface area contributed by atoms with Gasteiger partial charge in [0, 0.05) is 29.8 Å². The third-order valence-electron chi connectivity index (χ3n) is 4.76. The number of rotatable bonds is 8. The number of halogens is 3. The fraction of sp³-hybridized carbons (Fsp3) is 0.227. The molecule has 8 nitrogen and oxygen atoms in total. The molecule has 2 aromatic carbocycles. The van der Waals surface area contributed by atoms with Crippen molar-refractivity contribution in [2.75, 3.05) is 26.6 Å². The molecule has 0 fully saturated rings. The lowest BCUT2D eigenvalue weighted by atomic mass is 10.1. The summed E-state index contributed by atoms with van der Waals surface area (Å²) in [5, 5.41) is 2.33. The summed E-state index contributed by atoms with van der Waals surface area (Å²) in [5.74, 6) is 0.932. The second kappa shape index (κ2) is 9.67. The van der Waals surface area contributed by atoms with Gasteiger partial charge < -0.3 is 23.9 Å². The van der Waals surface area contributed by atoms with Gasteiger partial charge in [-0.05, 0) is 30.3 Å². The number of methoxy groups -OCH3 is 3. The Morgan fingerprint density at radius 2 is 1.62 bits per heavy atom. The van der Waals surface area contributed by atoms with Crippen molar-refractivity contribution in [3.05, 3.63) is 65.6 Å². The normalized spacial score (nSPS) is 11.7. The van der Waals surface area contributed by atoms with Gasteiger partial charge in [0.1, 0.15) is 23.0 Å². The van der Waals surface area contributed by atoms with E-state index in [0.717, 1.165) is 18.2 Å². The highest BCUT2D eigenvalue weighted by atomic mass is 32.2. The lowest BCUT2D eigenvalue weighted by molar-refractivity contribution is -0.0436. The number of carbonyl (C=O) groups is 1.